The Balaban J connectivity index is 2.10. The Kier molecular flexibility index (Phi) is 4.43. The summed E-state index contributed by atoms with van der Waals surface area (Å²) in [7, 11) is 1.89. The molecule has 1 aliphatic rings. The quantitative estimate of drug-likeness (QED) is 0.827. The second-order valence-corrected chi connectivity index (χ2v) is 5.05. The van der Waals surface area contributed by atoms with E-state index >= 15 is 0 Å². The number of carbonyl (C=O) groups excluding carboxylic acids is 1. The fourth-order valence-corrected chi connectivity index (χ4v) is 2.53. The van der Waals surface area contributed by atoms with Crippen LogP contribution in [0.5, 0.6) is 5.75 Å². The van der Waals surface area contributed by atoms with Crippen LogP contribution in [-0.2, 0) is 4.79 Å². The highest BCUT2D eigenvalue weighted by atomic mass is 16.5. The van der Waals surface area contributed by atoms with E-state index in [2.05, 4.69) is 10.6 Å². The summed E-state index contributed by atoms with van der Waals surface area (Å²) in [5.74, 6) is 0.831. The van der Waals surface area contributed by atoms with Crippen molar-refractivity contribution < 1.29 is 9.53 Å². The molecule has 1 aliphatic carbocycles. The van der Waals surface area contributed by atoms with Crippen LogP contribution >= 0.6 is 0 Å². The summed E-state index contributed by atoms with van der Waals surface area (Å²) in [4.78, 5) is 12.5. The number of rotatable bonds is 6. The molecular weight excluding hydrogens is 240 g/mol. The molecule has 2 N–H and O–H groups in total. The maximum Gasteiger partial charge on any atom is 0.231 e. The third-order valence-electron chi connectivity index (χ3n) is 3.74. The summed E-state index contributed by atoms with van der Waals surface area (Å²) >= 11 is 0. The number of nitrogens with one attached hydrogen (secondary N) is 2. The Bertz CT molecular complexity index is 442. The van der Waals surface area contributed by atoms with Crippen LogP contribution in [0.15, 0.2) is 24.3 Å². The van der Waals surface area contributed by atoms with Gasteiger partial charge in [0.1, 0.15) is 5.75 Å². The zero-order valence-corrected chi connectivity index (χ0v) is 11.7. The molecule has 4 heteroatoms. The van der Waals surface area contributed by atoms with Crippen LogP contribution in [0.1, 0.15) is 26.2 Å². The SMILES string of the molecule is CCOc1ccccc1NC(=O)C1(CNC)CCC1. The monoisotopic (exact) mass is 262 g/mol. The molecule has 0 aromatic heterocycles. The van der Waals surface area contributed by atoms with Crippen LogP contribution in [0.4, 0.5) is 5.69 Å². The van der Waals surface area contributed by atoms with Gasteiger partial charge in [0.25, 0.3) is 0 Å². The van der Waals surface area contributed by atoms with Crippen molar-refractivity contribution in [1.82, 2.24) is 5.32 Å². The smallest absolute Gasteiger partial charge is 0.231 e. The molecule has 0 spiro atoms. The molecule has 1 aromatic carbocycles. The average molecular weight is 262 g/mol. The summed E-state index contributed by atoms with van der Waals surface area (Å²) in [6, 6.07) is 7.58. The second-order valence-electron chi connectivity index (χ2n) is 5.05. The summed E-state index contributed by atoms with van der Waals surface area (Å²) in [6.07, 6.45) is 3.04. The highest BCUT2D eigenvalue weighted by Crippen LogP contribution is 2.41. The summed E-state index contributed by atoms with van der Waals surface area (Å²) in [5.41, 5.74) is 0.519. The third kappa shape index (κ3) is 2.89. The predicted molar refractivity (Wildman–Crippen MR) is 76.5 cm³/mol. The maximum atomic E-state index is 12.5. The third-order valence-corrected chi connectivity index (χ3v) is 3.74. The molecular formula is C15H22N2O2. The zero-order chi connectivity index (χ0) is 13.7. The molecule has 0 aliphatic heterocycles. The van der Waals surface area contributed by atoms with E-state index in [9.17, 15) is 4.79 Å². The van der Waals surface area contributed by atoms with Crippen molar-refractivity contribution in [1.29, 1.82) is 0 Å². The van der Waals surface area contributed by atoms with E-state index in [-0.39, 0.29) is 11.3 Å². The van der Waals surface area contributed by atoms with Gasteiger partial charge in [0.05, 0.1) is 17.7 Å². The molecule has 0 radical (unpaired) electrons. The van der Waals surface area contributed by atoms with E-state index in [0.29, 0.717) is 6.61 Å². The van der Waals surface area contributed by atoms with E-state index in [1.807, 2.05) is 38.2 Å². The summed E-state index contributed by atoms with van der Waals surface area (Å²) in [5, 5.41) is 6.14. The Morgan fingerprint density at radius 3 is 2.68 bits per heavy atom. The molecule has 1 amide bonds. The van der Waals surface area contributed by atoms with Crippen LogP contribution in [-0.4, -0.2) is 26.1 Å². The number of hydrogen-bond donors (Lipinski definition) is 2. The molecule has 19 heavy (non-hydrogen) atoms. The lowest BCUT2D eigenvalue weighted by molar-refractivity contribution is -0.129. The first kappa shape index (κ1) is 13.9. The molecule has 0 heterocycles. The minimum atomic E-state index is -0.242. The standard InChI is InChI=1S/C15H22N2O2/c1-3-19-13-8-5-4-7-12(13)17-14(18)15(11-16-2)9-6-10-15/h4-5,7-8,16H,3,6,9-11H2,1-2H3,(H,17,18). The number of para-hydroxylation sites is 2. The number of amides is 1. The van der Waals surface area contributed by atoms with Gasteiger partial charge in [-0.15, -0.1) is 0 Å². The molecule has 2 rings (SSSR count). The minimum absolute atomic E-state index is 0.0975. The number of anilines is 1. The molecule has 0 atom stereocenters. The van der Waals surface area contributed by atoms with Gasteiger partial charge in [-0.05, 0) is 38.9 Å². The van der Waals surface area contributed by atoms with Gasteiger partial charge in [-0.1, -0.05) is 18.6 Å². The number of hydrogen-bond acceptors (Lipinski definition) is 3. The number of benzene rings is 1. The van der Waals surface area contributed by atoms with Crippen molar-refractivity contribution in [2.24, 2.45) is 5.41 Å². The highest BCUT2D eigenvalue weighted by Gasteiger charge is 2.43. The van der Waals surface area contributed by atoms with Gasteiger partial charge < -0.3 is 15.4 Å². The van der Waals surface area contributed by atoms with E-state index in [0.717, 1.165) is 37.2 Å². The van der Waals surface area contributed by atoms with Gasteiger partial charge in [0.15, 0.2) is 0 Å². The van der Waals surface area contributed by atoms with Gasteiger partial charge in [0, 0.05) is 6.54 Å². The largest absolute Gasteiger partial charge is 0.492 e. The minimum Gasteiger partial charge on any atom is -0.492 e. The lowest BCUT2D eigenvalue weighted by atomic mass is 9.68. The first-order chi connectivity index (χ1) is 9.22. The van der Waals surface area contributed by atoms with Gasteiger partial charge in [0.2, 0.25) is 5.91 Å². The fraction of sp³-hybridized carbons (Fsp3) is 0.533. The van der Waals surface area contributed by atoms with Crippen molar-refractivity contribution in [2.45, 2.75) is 26.2 Å². The first-order valence-corrected chi connectivity index (χ1v) is 6.90. The van der Waals surface area contributed by atoms with Crippen molar-refractivity contribution in [3.05, 3.63) is 24.3 Å². The molecule has 1 aromatic rings. The van der Waals surface area contributed by atoms with E-state index in [1.165, 1.54) is 0 Å². The van der Waals surface area contributed by atoms with Crippen LogP contribution < -0.4 is 15.4 Å². The normalized spacial score (nSPS) is 16.5. The van der Waals surface area contributed by atoms with Crippen LogP contribution in [0, 0.1) is 5.41 Å². The maximum absolute atomic E-state index is 12.5. The molecule has 0 saturated heterocycles. The summed E-state index contributed by atoms with van der Waals surface area (Å²) < 4.78 is 5.53. The topological polar surface area (TPSA) is 50.4 Å². The van der Waals surface area contributed by atoms with E-state index in [1.54, 1.807) is 0 Å². The van der Waals surface area contributed by atoms with Crippen LogP contribution in [0.2, 0.25) is 0 Å². The van der Waals surface area contributed by atoms with E-state index < -0.39 is 0 Å². The summed E-state index contributed by atoms with van der Waals surface area (Å²) in [6.45, 7) is 3.26. The lowest BCUT2D eigenvalue weighted by Gasteiger charge is -2.40. The molecule has 0 unspecified atom stereocenters. The Hall–Kier alpha value is -1.55. The first-order valence-electron chi connectivity index (χ1n) is 6.90. The molecule has 104 valence electrons. The number of ether oxygens (including phenoxy) is 1. The fourth-order valence-electron chi connectivity index (χ4n) is 2.53. The molecule has 4 nitrogen and oxygen atoms in total. The molecule has 1 fully saturated rings. The zero-order valence-electron chi connectivity index (χ0n) is 11.7. The van der Waals surface area contributed by atoms with Crippen molar-refractivity contribution in [3.8, 4) is 5.75 Å². The Morgan fingerprint density at radius 1 is 1.37 bits per heavy atom. The van der Waals surface area contributed by atoms with Crippen molar-refractivity contribution in [2.75, 3.05) is 25.5 Å². The number of carbonyl (C=O) groups is 1. The van der Waals surface area contributed by atoms with Gasteiger partial charge >= 0.3 is 0 Å². The molecule has 1 saturated carbocycles. The van der Waals surface area contributed by atoms with E-state index in [4.69, 9.17) is 4.74 Å². The van der Waals surface area contributed by atoms with Crippen LogP contribution in [0.3, 0.4) is 0 Å². The second kappa shape index (κ2) is 6.06. The Labute approximate surface area is 114 Å². The Morgan fingerprint density at radius 2 is 2.11 bits per heavy atom. The highest BCUT2D eigenvalue weighted by molar-refractivity contribution is 5.97. The van der Waals surface area contributed by atoms with Gasteiger partial charge in [-0.3, -0.25) is 4.79 Å². The lowest BCUT2D eigenvalue weighted by Crippen LogP contribution is -2.48. The predicted octanol–water partition coefficient (Wildman–Crippen LogP) is 2.41. The van der Waals surface area contributed by atoms with Gasteiger partial charge in [-0.2, -0.15) is 0 Å². The van der Waals surface area contributed by atoms with Gasteiger partial charge in [-0.25, -0.2) is 0 Å². The van der Waals surface area contributed by atoms with Crippen molar-refractivity contribution >= 4 is 11.6 Å². The average Bonchev–Trinajstić information content (AvgIpc) is 2.36. The van der Waals surface area contributed by atoms with Crippen LogP contribution in [0.25, 0.3) is 0 Å². The molecule has 0 bridgehead atoms. The van der Waals surface area contributed by atoms with Crippen molar-refractivity contribution in [3.63, 3.8) is 0 Å².